The lowest BCUT2D eigenvalue weighted by molar-refractivity contribution is -0.384. The average Bonchev–Trinajstić information content (AvgIpc) is 3.51. The minimum absolute atomic E-state index is 0.0862. The lowest BCUT2D eigenvalue weighted by Crippen LogP contribution is -2.21. The van der Waals surface area contributed by atoms with Crippen LogP contribution in [0.15, 0.2) is 42.5 Å². The molecule has 0 atom stereocenters. The third-order valence-electron chi connectivity index (χ3n) is 5.09. The van der Waals surface area contributed by atoms with E-state index in [1.165, 1.54) is 18.2 Å². The van der Waals surface area contributed by atoms with Crippen molar-refractivity contribution in [2.45, 2.75) is 38.7 Å². The van der Waals surface area contributed by atoms with Crippen molar-refractivity contribution in [2.24, 2.45) is 0 Å². The number of halogens is 3. The summed E-state index contributed by atoms with van der Waals surface area (Å²) in [6.45, 7) is 1.33. The van der Waals surface area contributed by atoms with Gasteiger partial charge >= 0.3 is 0 Å². The number of carbonyl (C=O) groups is 1. The van der Waals surface area contributed by atoms with Crippen molar-refractivity contribution in [1.82, 2.24) is 9.78 Å². The molecule has 1 heterocycles. The highest BCUT2D eigenvalue weighted by Gasteiger charge is 2.29. The number of non-ortho nitro benzene ring substituents is 1. The summed E-state index contributed by atoms with van der Waals surface area (Å²) in [5, 5.41) is 18.5. The van der Waals surface area contributed by atoms with Crippen LogP contribution in [0.3, 0.4) is 0 Å². The lowest BCUT2D eigenvalue weighted by atomic mass is 10.2. The van der Waals surface area contributed by atoms with Crippen LogP contribution in [-0.2, 0) is 11.3 Å². The summed E-state index contributed by atoms with van der Waals surface area (Å²) in [7, 11) is 0. The van der Waals surface area contributed by atoms with Crippen LogP contribution in [0.25, 0.3) is 0 Å². The Hall–Kier alpha value is -3.53. The Morgan fingerprint density at radius 3 is 2.67 bits per heavy atom. The van der Waals surface area contributed by atoms with E-state index in [9.17, 15) is 23.7 Å². The number of benzene rings is 2. The predicted octanol–water partition coefficient (Wildman–Crippen LogP) is 6.00. The zero-order valence-corrected chi connectivity index (χ0v) is 18.2. The summed E-state index contributed by atoms with van der Waals surface area (Å²) < 4.78 is 33.4. The third kappa shape index (κ3) is 5.46. The minimum Gasteiger partial charge on any atom is -0.457 e. The maximum Gasteiger partial charge on any atom is 0.280 e. The molecular formula is C22H19ClF2N4O4. The summed E-state index contributed by atoms with van der Waals surface area (Å²) in [4.78, 5) is 23.3. The van der Waals surface area contributed by atoms with Crippen LogP contribution >= 0.6 is 11.6 Å². The Bertz CT molecular complexity index is 1230. The zero-order chi connectivity index (χ0) is 23.7. The number of rotatable bonds is 8. The van der Waals surface area contributed by atoms with Gasteiger partial charge in [-0.15, -0.1) is 0 Å². The highest BCUT2D eigenvalue weighted by Crippen LogP contribution is 2.40. The molecule has 4 rings (SSSR count). The predicted molar refractivity (Wildman–Crippen MR) is 117 cm³/mol. The molecule has 172 valence electrons. The van der Waals surface area contributed by atoms with Crippen LogP contribution in [0.5, 0.6) is 11.5 Å². The van der Waals surface area contributed by atoms with Gasteiger partial charge in [-0.2, -0.15) is 5.10 Å². The number of ether oxygens (including phenoxy) is 1. The van der Waals surface area contributed by atoms with E-state index in [2.05, 4.69) is 10.4 Å². The van der Waals surface area contributed by atoms with Crippen molar-refractivity contribution in [2.75, 3.05) is 5.32 Å². The smallest absolute Gasteiger partial charge is 0.280 e. The number of nitrogens with one attached hydrogen (secondary N) is 1. The molecule has 0 bridgehead atoms. The highest BCUT2D eigenvalue weighted by atomic mass is 35.5. The quantitative estimate of drug-likeness (QED) is 0.317. The van der Waals surface area contributed by atoms with Crippen molar-refractivity contribution in [1.29, 1.82) is 0 Å². The first-order chi connectivity index (χ1) is 15.7. The Morgan fingerprint density at radius 1 is 1.27 bits per heavy atom. The standard InChI is InChI=1S/C22H19ClF2N4O4/c1-12-6-16(4-5-18(12)23)33-17-8-14(7-15(9-17)29(31)32)26-21(30)11-28-20(22(24)25)10-19(27-28)13-2-3-13/h4-10,13,22H,2-3,11H2,1H3,(H,26,30). The molecule has 2 aromatic carbocycles. The van der Waals surface area contributed by atoms with Crippen molar-refractivity contribution in [3.63, 3.8) is 0 Å². The first-order valence-electron chi connectivity index (χ1n) is 10.1. The number of anilines is 1. The van der Waals surface area contributed by atoms with E-state index in [1.807, 2.05) is 0 Å². The van der Waals surface area contributed by atoms with Gasteiger partial charge in [-0.1, -0.05) is 11.6 Å². The number of alkyl halides is 2. The molecule has 8 nitrogen and oxygen atoms in total. The van der Waals surface area contributed by atoms with Gasteiger partial charge in [0, 0.05) is 23.1 Å². The molecule has 1 aromatic heterocycles. The van der Waals surface area contributed by atoms with Gasteiger partial charge in [-0.25, -0.2) is 8.78 Å². The molecule has 11 heteroatoms. The van der Waals surface area contributed by atoms with Gasteiger partial charge in [0.05, 0.1) is 22.4 Å². The van der Waals surface area contributed by atoms with E-state index in [4.69, 9.17) is 16.3 Å². The summed E-state index contributed by atoms with van der Waals surface area (Å²) in [5.41, 5.74) is 0.739. The maximum atomic E-state index is 13.4. The molecule has 1 aliphatic rings. The molecule has 1 amide bonds. The molecule has 1 N–H and O–H groups in total. The second-order valence-electron chi connectivity index (χ2n) is 7.76. The second kappa shape index (κ2) is 9.14. The van der Waals surface area contributed by atoms with Gasteiger partial charge in [0.1, 0.15) is 23.7 Å². The van der Waals surface area contributed by atoms with Crippen molar-refractivity contribution < 1.29 is 23.2 Å². The van der Waals surface area contributed by atoms with E-state index in [1.54, 1.807) is 25.1 Å². The van der Waals surface area contributed by atoms with Gasteiger partial charge in [0.15, 0.2) is 0 Å². The Balaban J connectivity index is 1.54. The fourth-order valence-corrected chi connectivity index (χ4v) is 3.42. The van der Waals surface area contributed by atoms with Gasteiger partial charge < -0.3 is 10.1 Å². The molecule has 3 aromatic rings. The lowest BCUT2D eigenvalue weighted by Gasteiger charge is -2.11. The summed E-state index contributed by atoms with van der Waals surface area (Å²) in [6, 6.07) is 10.00. The Labute approximate surface area is 192 Å². The van der Waals surface area contributed by atoms with Crippen LogP contribution < -0.4 is 10.1 Å². The van der Waals surface area contributed by atoms with Gasteiger partial charge in [-0.05, 0) is 49.6 Å². The topological polar surface area (TPSA) is 99.3 Å². The van der Waals surface area contributed by atoms with E-state index in [0.717, 1.165) is 29.2 Å². The molecule has 1 fully saturated rings. The number of hydrogen-bond donors (Lipinski definition) is 1. The van der Waals surface area contributed by atoms with Crippen LogP contribution in [0, 0.1) is 17.0 Å². The molecule has 0 spiro atoms. The molecule has 0 radical (unpaired) electrons. The van der Waals surface area contributed by atoms with Gasteiger partial charge in [-0.3, -0.25) is 19.6 Å². The van der Waals surface area contributed by atoms with Crippen LogP contribution in [0.1, 0.15) is 42.1 Å². The highest BCUT2D eigenvalue weighted by molar-refractivity contribution is 6.31. The largest absolute Gasteiger partial charge is 0.457 e. The van der Waals surface area contributed by atoms with E-state index in [-0.39, 0.29) is 28.7 Å². The number of hydrogen-bond acceptors (Lipinski definition) is 5. The van der Waals surface area contributed by atoms with E-state index in [0.29, 0.717) is 16.5 Å². The van der Waals surface area contributed by atoms with Gasteiger partial charge in [0.2, 0.25) is 5.91 Å². The molecule has 1 aliphatic carbocycles. The first-order valence-corrected chi connectivity index (χ1v) is 10.5. The number of nitro benzene ring substituents is 1. The SMILES string of the molecule is Cc1cc(Oc2cc(NC(=O)Cn3nc(C4CC4)cc3C(F)F)cc([N+](=O)[O-])c2)ccc1Cl. The Morgan fingerprint density at radius 2 is 2.03 bits per heavy atom. The average molecular weight is 477 g/mol. The van der Waals surface area contributed by atoms with Crippen LogP contribution in [0.4, 0.5) is 20.2 Å². The van der Waals surface area contributed by atoms with E-state index < -0.39 is 23.8 Å². The molecule has 1 saturated carbocycles. The van der Waals surface area contributed by atoms with Crippen LogP contribution in [0.2, 0.25) is 5.02 Å². The number of carbonyl (C=O) groups excluding carboxylic acids is 1. The fourth-order valence-electron chi connectivity index (χ4n) is 3.31. The molecule has 0 aliphatic heterocycles. The maximum absolute atomic E-state index is 13.4. The number of amides is 1. The summed E-state index contributed by atoms with van der Waals surface area (Å²) in [6.07, 6.45) is -1.01. The fraction of sp³-hybridized carbons (Fsp3) is 0.273. The third-order valence-corrected chi connectivity index (χ3v) is 5.52. The molecule has 33 heavy (non-hydrogen) atoms. The van der Waals surface area contributed by atoms with Gasteiger partial charge in [0.25, 0.3) is 12.1 Å². The monoisotopic (exact) mass is 476 g/mol. The number of nitro groups is 1. The molecular weight excluding hydrogens is 458 g/mol. The Kier molecular flexibility index (Phi) is 6.28. The second-order valence-corrected chi connectivity index (χ2v) is 8.17. The number of aryl methyl sites for hydroxylation is 1. The summed E-state index contributed by atoms with van der Waals surface area (Å²) >= 11 is 6.01. The zero-order valence-electron chi connectivity index (χ0n) is 17.4. The number of nitrogens with zero attached hydrogens (tertiary/aromatic N) is 3. The number of aromatic nitrogens is 2. The van der Waals surface area contributed by atoms with Crippen molar-refractivity contribution >= 4 is 28.9 Å². The molecule has 0 saturated heterocycles. The van der Waals surface area contributed by atoms with E-state index >= 15 is 0 Å². The summed E-state index contributed by atoms with van der Waals surface area (Å²) in [5.74, 6) is 0.0147. The molecule has 0 unspecified atom stereocenters. The van der Waals surface area contributed by atoms with Crippen molar-refractivity contribution in [3.8, 4) is 11.5 Å². The first kappa shape index (κ1) is 22.7. The minimum atomic E-state index is -2.78. The van der Waals surface area contributed by atoms with Crippen LogP contribution in [-0.4, -0.2) is 20.6 Å². The normalized spacial score (nSPS) is 13.2. The van der Waals surface area contributed by atoms with Crippen molar-refractivity contribution in [3.05, 3.63) is 74.6 Å².